The molecule has 5 aromatic rings. The zero-order valence-electron chi connectivity index (χ0n) is 20.3. The van der Waals surface area contributed by atoms with Gasteiger partial charge in [-0.15, -0.1) is 0 Å². The van der Waals surface area contributed by atoms with Crippen LogP contribution in [0.15, 0.2) is 84.9 Å². The van der Waals surface area contributed by atoms with Crippen molar-refractivity contribution in [1.82, 2.24) is 10.3 Å². The minimum Gasteiger partial charge on any atom is -0.497 e. The summed E-state index contributed by atoms with van der Waals surface area (Å²) in [7, 11) is 3.23. The predicted molar refractivity (Wildman–Crippen MR) is 144 cm³/mol. The number of methoxy groups -OCH3 is 1. The minimum absolute atomic E-state index is 0.200. The third kappa shape index (κ3) is 4.25. The van der Waals surface area contributed by atoms with Crippen LogP contribution in [0.3, 0.4) is 0 Å². The molecule has 1 heterocycles. The third-order valence-corrected chi connectivity index (χ3v) is 6.36. The Hall–Kier alpha value is -4.71. The summed E-state index contributed by atoms with van der Waals surface area (Å²) < 4.78 is 5.33. The van der Waals surface area contributed by atoms with Gasteiger partial charge in [-0.05, 0) is 65.7 Å². The Morgan fingerprint density at radius 2 is 1.58 bits per heavy atom. The van der Waals surface area contributed by atoms with E-state index in [9.17, 15) is 9.59 Å². The Morgan fingerprint density at radius 3 is 2.39 bits per heavy atom. The number of hydrogen-bond acceptors (Lipinski definition) is 4. The molecule has 2 N–H and O–H groups in total. The van der Waals surface area contributed by atoms with Crippen LogP contribution in [0.1, 0.15) is 26.3 Å². The Morgan fingerprint density at radius 1 is 0.806 bits per heavy atom. The van der Waals surface area contributed by atoms with Gasteiger partial charge in [0.15, 0.2) is 0 Å². The zero-order chi connectivity index (χ0) is 25.2. The van der Waals surface area contributed by atoms with Gasteiger partial charge in [-0.1, -0.05) is 42.5 Å². The SMILES string of the molecule is CNC(=O)c1cccc(NC(=O)c2cc(-c3ccc4cc(OC)ccc4c3)nc3ccccc23)c1C. The highest BCUT2D eigenvalue weighted by Crippen LogP contribution is 2.30. The molecule has 0 unspecified atom stereocenters. The van der Waals surface area contributed by atoms with E-state index in [0.29, 0.717) is 28.1 Å². The number of benzene rings is 4. The van der Waals surface area contributed by atoms with Crippen LogP contribution in [0.4, 0.5) is 5.69 Å². The number of fused-ring (bicyclic) bond motifs is 2. The lowest BCUT2D eigenvalue weighted by Gasteiger charge is -2.14. The van der Waals surface area contributed by atoms with Gasteiger partial charge < -0.3 is 15.4 Å². The molecule has 0 saturated carbocycles. The Bertz CT molecular complexity index is 1640. The van der Waals surface area contributed by atoms with Crippen molar-refractivity contribution < 1.29 is 14.3 Å². The quantitative estimate of drug-likeness (QED) is 0.328. The molecule has 0 fully saturated rings. The fourth-order valence-corrected chi connectivity index (χ4v) is 4.36. The van der Waals surface area contributed by atoms with Gasteiger partial charge in [0.1, 0.15) is 5.75 Å². The monoisotopic (exact) mass is 475 g/mol. The standard InChI is InChI=1S/C30H25N3O3/c1-18-23(29(34)31-2)8-6-10-26(18)33-30(35)25-17-28(32-27-9-5-4-7-24(25)27)21-12-11-20-16-22(36-3)14-13-19(20)15-21/h4-17H,1-3H3,(H,31,34)(H,33,35). The zero-order valence-corrected chi connectivity index (χ0v) is 20.3. The summed E-state index contributed by atoms with van der Waals surface area (Å²) >= 11 is 0. The van der Waals surface area contributed by atoms with Crippen molar-refractivity contribution in [1.29, 1.82) is 0 Å². The molecule has 2 amide bonds. The Kier molecular flexibility index (Phi) is 6.09. The summed E-state index contributed by atoms with van der Waals surface area (Å²) in [6.07, 6.45) is 0. The molecule has 0 aliphatic rings. The molecule has 1 aromatic heterocycles. The molecule has 178 valence electrons. The van der Waals surface area contributed by atoms with Gasteiger partial charge in [0.05, 0.1) is 23.9 Å². The Labute approximate surface area is 208 Å². The number of aromatic nitrogens is 1. The minimum atomic E-state index is -0.266. The van der Waals surface area contributed by atoms with E-state index in [4.69, 9.17) is 9.72 Å². The normalized spacial score (nSPS) is 10.9. The number of pyridine rings is 1. The second-order valence-corrected chi connectivity index (χ2v) is 8.51. The molecule has 36 heavy (non-hydrogen) atoms. The second-order valence-electron chi connectivity index (χ2n) is 8.51. The molecule has 4 aromatic carbocycles. The summed E-state index contributed by atoms with van der Waals surface area (Å²) in [5.41, 5.74) is 4.65. The first kappa shape index (κ1) is 23.1. The number of rotatable bonds is 5. The predicted octanol–water partition coefficient (Wildman–Crippen LogP) is 5.98. The molecule has 6 heteroatoms. The second kappa shape index (κ2) is 9.50. The molecule has 0 aliphatic carbocycles. The van der Waals surface area contributed by atoms with E-state index < -0.39 is 0 Å². The van der Waals surface area contributed by atoms with Crippen LogP contribution < -0.4 is 15.4 Å². The molecule has 0 saturated heterocycles. The van der Waals surface area contributed by atoms with Crippen LogP contribution in [-0.2, 0) is 0 Å². The van der Waals surface area contributed by atoms with Gasteiger partial charge in [0, 0.05) is 29.2 Å². The van der Waals surface area contributed by atoms with E-state index >= 15 is 0 Å². The number of nitrogens with zero attached hydrogens (tertiary/aromatic N) is 1. The molecule has 0 radical (unpaired) electrons. The topological polar surface area (TPSA) is 80.3 Å². The van der Waals surface area contributed by atoms with E-state index in [0.717, 1.165) is 33.0 Å². The highest BCUT2D eigenvalue weighted by atomic mass is 16.5. The lowest BCUT2D eigenvalue weighted by atomic mass is 10.0. The van der Waals surface area contributed by atoms with Crippen molar-refractivity contribution in [2.45, 2.75) is 6.92 Å². The number of para-hydroxylation sites is 1. The van der Waals surface area contributed by atoms with Crippen LogP contribution in [0.25, 0.3) is 32.9 Å². The first-order chi connectivity index (χ1) is 17.5. The van der Waals surface area contributed by atoms with Crippen molar-refractivity contribution >= 4 is 39.2 Å². The number of carbonyl (C=O) groups is 2. The highest BCUT2D eigenvalue weighted by molar-refractivity contribution is 6.13. The lowest BCUT2D eigenvalue weighted by molar-refractivity contribution is 0.0960. The van der Waals surface area contributed by atoms with Crippen molar-refractivity contribution in [2.24, 2.45) is 0 Å². The third-order valence-electron chi connectivity index (χ3n) is 6.36. The summed E-state index contributed by atoms with van der Waals surface area (Å²) in [5, 5.41) is 8.50. The lowest BCUT2D eigenvalue weighted by Crippen LogP contribution is -2.20. The van der Waals surface area contributed by atoms with Crippen molar-refractivity contribution in [3.05, 3.63) is 102 Å². The fourth-order valence-electron chi connectivity index (χ4n) is 4.36. The fraction of sp³-hybridized carbons (Fsp3) is 0.100. The van der Waals surface area contributed by atoms with Gasteiger partial charge >= 0.3 is 0 Å². The number of ether oxygens (including phenoxy) is 1. The van der Waals surface area contributed by atoms with Crippen molar-refractivity contribution in [3.8, 4) is 17.0 Å². The van der Waals surface area contributed by atoms with Gasteiger partial charge in [-0.3, -0.25) is 9.59 Å². The van der Waals surface area contributed by atoms with E-state index in [1.165, 1.54) is 0 Å². The molecular formula is C30H25N3O3. The number of nitrogens with one attached hydrogen (secondary N) is 2. The molecular weight excluding hydrogens is 450 g/mol. The van der Waals surface area contributed by atoms with Crippen LogP contribution >= 0.6 is 0 Å². The van der Waals surface area contributed by atoms with Gasteiger partial charge in [-0.25, -0.2) is 4.98 Å². The first-order valence-electron chi connectivity index (χ1n) is 11.6. The molecule has 0 spiro atoms. The molecule has 0 atom stereocenters. The van der Waals surface area contributed by atoms with Crippen LogP contribution in [0, 0.1) is 6.92 Å². The number of anilines is 1. The molecule has 0 aliphatic heterocycles. The first-order valence-corrected chi connectivity index (χ1v) is 11.6. The van der Waals surface area contributed by atoms with Crippen LogP contribution in [-0.4, -0.2) is 31.0 Å². The average molecular weight is 476 g/mol. The number of hydrogen-bond donors (Lipinski definition) is 2. The average Bonchev–Trinajstić information content (AvgIpc) is 2.92. The van der Waals surface area contributed by atoms with Gasteiger partial charge in [0.2, 0.25) is 0 Å². The van der Waals surface area contributed by atoms with E-state index in [-0.39, 0.29) is 11.8 Å². The number of carbonyl (C=O) groups excluding carboxylic acids is 2. The summed E-state index contributed by atoms with van der Waals surface area (Å²) in [5.74, 6) is 0.334. The summed E-state index contributed by atoms with van der Waals surface area (Å²) in [6, 6.07) is 26.7. The summed E-state index contributed by atoms with van der Waals surface area (Å²) in [4.78, 5) is 30.6. The van der Waals surface area contributed by atoms with Gasteiger partial charge in [0.25, 0.3) is 11.8 Å². The highest BCUT2D eigenvalue weighted by Gasteiger charge is 2.17. The maximum absolute atomic E-state index is 13.5. The Balaban J connectivity index is 1.58. The molecule has 6 nitrogen and oxygen atoms in total. The van der Waals surface area contributed by atoms with Crippen molar-refractivity contribution in [2.75, 3.05) is 19.5 Å². The smallest absolute Gasteiger partial charge is 0.256 e. The number of amides is 2. The molecule has 0 bridgehead atoms. The maximum atomic E-state index is 13.5. The largest absolute Gasteiger partial charge is 0.497 e. The van der Waals surface area contributed by atoms with E-state index in [1.54, 1.807) is 32.4 Å². The van der Waals surface area contributed by atoms with Crippen LogP contribution in [0.2, 0.25) is 0 Å². The van der Waals surface area contributed by atoms with Crippen LogP contribution in [0.5, 0.6) is 5.75 Å². The molecule has 5 rings (SSSR count). The van der Waals surface area contributed by atoms with E-state index in [2.05, 4.69) is 16.7 Å². The summed E-state index contributed by atoms with van der Waals surface area (Å²) in [6.45, 7) is 1.82. The maximum Gasteiger partial charge on any atom is 0.256 e. The van der Waals surface area contributed by atoms with E-state index in [1.807, 2.05) is 67.6 Å². The van der Waals surface area contributed by atoms with Crippen molar-refractivity contribution in [3.63, 3.8) is 0 Å². The van der Waals surface area contributed by atoms with Gasteiger partial charge in [-0.2, -0.15) is 0 Å².